The molecule has 1 aromatic heterocycles. The minimum atomic E-state index is -4.64. The van der Waals surface area contributed by atoms with Crippen molar-refractivity contribution in [2.45, 2.75) is 45.0 Å². The van der Waals surface area contributed by atoms with Gasteiger partial charge in [-0.15, -0.1) is 24.5 Å². The molecule has 136 valence electrons. The van der Waals surface area contributed by atoms with Crippen LogP contribution in [-0.2, 0) is 0 Å². The number of hydrogen-bond acceptors (Lipinski definition) is 4. The van der Waals surface area contributed by atoms with Gasteiger partial charge in [-0.05, 0) is 62.8 Å². The predicted octanol–water partition coefficient (Wildman–Crippen LogP) is 5.19. The Kier molecular flexibility index (Phi) is 5.34. The van der Waals surface area contributed by atoms with E-state index in [0.717, 1.165) is 30.0 Å². The van der Waals surface area contributed by atoms with Crippen LogP contribution in [0.2, 0.25) is 0 Å². The van der Waals surface area contributed by atoms with Crippen LogP contribution in [0.3, 0.4) is 0 Å². The van der Waals surface area contributed by atoms with Crippen LogP contribution in [0.15, 0.2) is 30.5 Å². The molecule has 1 fully saturated rings. The van der Waals surface area contributed by atoms with Crippen LogP contribution >= 0.6 is 11.3 Å². The van der Waals surface area contributed by atoms with Gasteiger partial charge in [-0.3, -0.25) is 0 Å². The number of aromatic nitrogens is 1. The van der Waals surface area contributed by atoms with E-state index < -0.39 is 6.36 Å². The molecule has 1 saturated carbocycles. The fourth-order valence-electron chi connectivity index (χ4n) is 3.14. The Hall–Kier alpha value is -1.60. The lowest BCUT2D eigenvalue weighted by Crippen LogP contribution is -2.33. The van der Waals surface area contributed by atoms with Gasteiger partial charge in [0.2, 0.25) is 0 Å². The Morgan fingerprint density at radius 2 is 1.96 bits per heavy atom. The lowest BCUT2D eigenvalue weighted by molar-refractivity contribution is -0.274. The van der Waals surface area contributed by atoms with Crippen LogP contribution in [0.25, 0.3) is 0 Å². The summed E-state index contributed by atoms with van der Waals surface area (Å²) in [6.07, 6.45) is -0.601. The van der Waals surface area contributed by atoms with Crippen molar-refractivity contribution in [1.29, 1.82) is 0 Å². The average Bonchev–Trinajstić information content (AvgIpc) is 2.92. The van der Waals surface area contributed by atoms with Gasteiger partial charge < -0.3 is 10.1 Å². The van der Waals surface area contributed by atoms with E-state index in [9.17, 15) is 13.2 Å². The van der Waals surface area contributed by atoms with Crippen LogP contribution < -0.4 is 10.1 Å². The van der Waals surface area contributed by atoms with Crippen LogP contribution in [-0.4, -0.2) is 17.9 Å². The van der Waals surface area contributed by atoms with Crippen molar-refractivity contribution in [2.75, 3.05) is 6.54 Å². The highest BCUT2D eigenvalue weighted by Crippen LogP contribution is 2.42. The van der Waals surface area contributed by atoms with E-state index in [0.29, 0.717) is 17.9 Å². The van der Waals surface area contributed by atoms with E-state index in [1.807, 2.05) is 13.1 Å². The molecule has 1 aliphatic carbocycles. The molecule has 2 aromatic rings. The van der Waals surface area contributed by atoms with Gasteiger partial charge in [0.05, 0.1) is 5.01 Å². The van der Waals surface area contributed by atoms with Crippen molar-refractivity contribution in [1.82, 2.24) is 10.3 Å². The first kappa shape index (κ1) is 18.2. The molecule has 25 heavy (non-hydrogen) atoms. The molecule has 1 N–H and O–H groups in total. The third kappa shape index (κ3) is 4.95. The molecular weight excluding hydrogens is 349 g/mol. The van der Waals surface area contributed by atoms with Gasteiger partial charge in [0, 0.05) is 17.1 Å². The molecule has 1 unspecified atom stereocenters. The summed E-state index contributed by atoms with van der Waals surface area (Å²) in [5, 5.41) is 4.62. The number of alkyl halides is 3. The van der Waals surface area contributed by atoms with E-state index in [2.05, 4.69) is 22.0 Å². The number of benzene rings is 1. The summed E-state index contributed by atoms with van der Waals surface area (Å²) in [5.41, 5.74) is 1.08. The Morgan fingerprint density at radius 1 is 1.28 bits per heavy atom. The van der Waals surface area contributed by atoms with Gasteiger partial charge in [-0.25, -0.2) is 4.98 Å². The summed E-state index contributed by atoms with van der Waals surface area (Å²) in [7, 11) is 0. The molecule has 1 heterocycles. The van der Waals surface area contributed by atoms with Crippen LogP contribution in [0.5, 0.6) is 5.75 Å². The minimum absolute atomic E-state index is 0.164. The van der Waals surface area contributed by atoms with Crippen molar-refractivity contribution >= 4 is 11.3 Å². The van der Waals surface area contributed by atoms with Crippen molar-refractivity contribution in [3.63, 3.8) is 0 Å². The van der Waals surface area contributed by atoms with Crippen LogP contribution in [0, 0.1) is 12.8 Å². The van der Waals surface area contributed by atoms with E-state index in [1.165, 1.54) is 17.0 Å². The fourth-order valence-corrected chi connectivity index (χ4v) is 3.95. The normalized spacial score (nSPS) is 21.6. The Morgan fingerprint density at radius 3 is 2.52 bits per heavy atom. The molecule has 0 spiro atoms. The predicted molar refractivity (Wildman–Crippen MR) is 91.9 cm³/mol. The SMILES string of the molecule is Cc1ncc(C(C)NCC2CC(c3ccc(OC(F)(F)F)cc3)C2)s1. The highest BCUT2D eigenvalue weighted by atomic mass is 32.1. The van der Waals surface area contributed by atoms with E-state index in [-0.39, 0.29) is 5.75 Å². The van der Waals surface area contributed by atoms with E-state index >= 15 is 0 Å². The molecule has 0 aliphatic heterocycles. The molecule has 7 heteroatoms. The summed E-state index contributed by atoms with van der Waals surface area (Å²) in [5.74, 6) is 0.864. The standard InChI is InChI=1S/C18H21F3N2OS/c1-11(17-10-23-12(2)25-17)22-9-13-7-15(8-13)14-3-5-16(6-4-14)24-18(19,20)21/h3-6,10-11,13,15,22H,7-9H2,1-2H3. The highest BCUT2D eigenvalue weighted by Gasteiger charge is 2.32. The van der Waals surface area contributed by atoms with Crippen LogP contribution in [0.4, 0.5) is 13.2 Å². The first-order valence-corrected chi connectivity index (χ1v) is 9.13. The molecule has 0 bridgehead atoms. The molecule has 3 rings (SSSR count). The van der Waals surface area contributed by atoms with Gasteiger partial charge in [0.25, 0.3) is 0 Å². The Bertz CT molecular complexity index is 693. The number of nitrogens with one attached hydrogen (secondary N) is 1. The van der Waals surface area contributed by atoms with Gasteiger partial charge in [-0.2, -0.15) is 0 Å². The lowest BCUT2D eigenvalue weighted by Gasteiger charge is -2.36. The van der Waals surface area contributed by atoms with E-state index in [4.69, 9.17) is 0 Å². The maximum Gasteiger partial charge on any atom is 0.573 e. The average molecular weight is 370 g/mol. The quantitative estimate of drug-likeness (QED) is 0.759. The number of halogens is 3. The summed E-state index contributed by atoms with van der Waals surface area (Å²) >= 11 is 1.71. The smallest absolute Gasteiger partial charge is 0.406 e. The number of ether oxygens (including phenoxy) is 1. The van der Waals surface area contributed by atoms with Gasteiger partial charge in [0.1, 0.15) is 5.75 Å². The maximum absolute atomic E-state index is 12.2. The maximum atomic E-state index is 12.2. The lowest BCUT2D eigenvalue weighted by atomic mass is 9.71. The second-order valence-electron chi connectivity index (χ2n) is 6.56. The molecule has 0 amide bonds. The number of nitrogens with zero attached hydrogens (tertiary/aromatic N) is 1. The second kappa shape index (κ2) is 7.33. The summed E-state index contributed by atoms with van der Waals surface area (Å²) in [4.78, 5) is 5.52. The van der Waals surface area contributed by atoms with Gasteiger partial charge >= 0.3 is 6.36 Å². The molecule has 1 aliphatic rings. The third-order valence-electron chi connectivity index (χ3n) is 4.60. The van der Waals surface area contributed by atoms with Crippen molar-refractivity contribution in [2.24, 2.45) is 5.92 Å². The third-order valence-corrected chi connectivity index (χ3v) is 5.69. The summed E-state index contributed by atoms with van der Waals surface area (Å²) < 4.78 is 40.4. The largest absolute Gasteiger partial charge is 0.573 e. The highest BCUT2D eigenvalue weighted by molar-refractivity contribution is 7.11. The second-order valence-corrected chi connectivity index (χ2v) is 7.83. The Labute approximate surface area is 149 Å². The monoisotopic (exact) mass is 370 g/mol. The number of aryl methyl sites for hydroxylation is 1. The first-order chi connectivity index (χ1) is 11.8. The van der Waals surface area contributed by atoms with Crippen molar-refractivity contribution in [3.05, 3.63) is 45.9 Å². The fraction of sp³-hybridized carbons (Fsp3) is 0.500. The van der Waals surface area contributed by atoms with Crippen molar-refractivity contribution < 1.29 is 17.9 Å². The van der Waals surface area contributed by atoms with Gasteiger partial charge in [-0.1, -0.05) is 12.1 Å². The molecule has 0 saturated heterocycles. The Balaban J connectivity index is 1.43. The zero-order valence-corrected chi connectivity index (χ0v) is 15.0. The summed E-state index contributed by atoms with van der Waals surface area (Å²) in [6.45, 7) is 5.09. The molecule has 1 atom stereocenters. The number of thiazole rings is 1. The summed E-state index contributed by atoms with van der Waals surface area (Å²) in [6, 6.07) is 6.55. The van der Waals surface area contributed by atoms with Crippen LogP contribution in [0.1, 0.15) is 47.2 Å². The molecule has 1 aromatic carbocycles. The zero-order valence-electron chi connectivity index (χ0n) is 14.1. The minimum Gasteiger partial charge on any atom is -0.406 e. The van der Waals surface area contributed by atoms with Gasteiger partial charge in [0.15, 0.2) is 0 Å². The zero-order chi connectivity index (χ0) is 18.0. The van der Waals surface area contributed by atoms with Crippen molar-refractivity contribution in [3.8, 4) is 5.75 Å². The topological polar surface area (TPSA) is 34.2 Å². The number of rotatable bonds is 6. The number of hydrogen-bond donors (Lipinski definition) is 1. The molecular formula is C18H21F3N2OS. The molecule has 0 radical (unpaired) electrons. The van der Waals surface area contributed by atoms with E-state index in [1.54, 1.807) is 23.5 Å². The molecule has 3 nitrogen and oxygen atoms in total. The first-order valence-electron chi connectivity index (χ1n) is 8.31.